The first-order valence-electron chi connectivity index (χ1n) is 5.89. The van der Waals surface area contributed by atoms with Crippen molar-refractivity contribution in [3.63, 3.8) is 0 Å². The minimum Gasteiger partial charge on any atom is -0.330 e. The molecule has 18 heavy (non-hydrogen) atoms. The van der Waals surface area contributed by atoms with Crippen molar-refractivity contribution in [3.8, 4) is 11.3 Å². The number of benzene rings is 1. The Balaban J connectivity index is 2.06. The Labute approximate surface area is 105 Å². The second-order valence-electron chi connectivity index (χ2n) is 3.99. The van der Waals surface area contributed by atoms with Gasteiger partial charge >= 0.3 is 0 Å². The molecule has 0 radical (unpaired) electrons. The molecule has 5 nitrogen and oxygen atoms in total. The van der Waals surface area contributed by atoms with E-state index in [2.05, 4.69) is 15.5 Å². The van der Waals surface area contributed by atoms with E-state index in [0.717, 1.165) is 16.9 Å². The van der Waals surface area contributed by atoms with Crippen LogP contribution in [0.2, 0.25) is 0 Å². The van der Waals surface area contributed by atoms with Crippen molar-refractivity contribution in [2.45, 2.75) is 12.8 Å². The number of anilines is 1. The summed E-state index contributed by atoms with van der Waals surface area (Å²) >= 11 is 0. The lowest BCUT2D eigenvalue weighted by molar-refractivity contribution is -0.116. The van der Waals surface area contributed by atoms with E-state index in [1.54, 1.807) is 6.20 Å². The third-order valence-electron chi connectivity index (χ3n) is 2.57. The second-order valence-corrected chi connectivity index (χ2v) is 3.99. The number of carbonyl (C=O) groups excluding carboxylic acids is 1. The fourth-order valence-electron chi connectivity index (χ4n) is 1.67. The van der Waals surface area contributed by atoms with Gasteiger partial charge in [-0.25, -0.2) is 0 Å². The predicted molar refractivity (Wildman–Crippen MR) is 70.9 cm³/mol. The van der Waals surface area contributed by atoms with E-state index >= 15 is 0 Å². The van der Waals surface area contributed by atoms with Crippen LogP contribution in [0.25, 0.3) is 11.3 Å². The Morgan fingerprint density at radius 3 is 3.00 bits per heavy atom. The van der Waals surface area contributed by atoms with Gasteiger partial charge in [-0.1, -0.05) is 12.1 Å². The van der Waals surface area contributed by atoms with Crippen molar-refractivity contribution in [1.29, 1.82) is 0 Å². The Morgan fingerprint density at radius 2 is 2.28 bits per heavy atom. The summed E-state index contributed by atoms with van der Waals surface area (Å²) < 4.78 is 0. The summed E-state index contributed by atoms with van der Waals surface area (Å²) in [6, 6.07) is 9.52. The van der Waals surface area contributed by atoms with Crippen molar-refractivity contribution in [2.24, 2.45) is 5.73 Å². The summed E-state index contributed by atoms with van der Waals surface area (Å²) in [5, 5.41) is 9.64. The molecule has 0 aliphatic rings. The van der Waals surface area contributed by atoms with Gasteiger partial charge in [-0.2, -0.15) is 5.10 Å². The van der Waals surface area contributed by atoms with Crippen molar-refractivity contribution in [3.05, 3.63) is 36.5 Å². The molecule has 1 aromatic carbocycles. The van der Waals surface area contributed by atoms with Gasteiger partial charge in [-0.05, 0) is 31.2 Å². The lowest BCUT2D eigenvalue weighted by Crippen LogP contribution is -2.13. The number of aromatic nitrogens is 2. The summed E-state index contributed by atoms with van der Waals surface area (Å²) in [6.45, 7) is 0.529. The highest BCUT2D eigenvalue weighted by Gasteiger charge is 2.04. The molecule has 0 saturated carbocycles. The minimum atomic E-state index is -0.0118. The van der Waals surface area contributed by atoms with E-state index in [4.69, 9.17) is 5.73 Å². The second kappa shape index (κ2) is 5.97. The molecule has 1 aromatic heterocycles. The van der Waals surface area contributed by atoms with Crippen molar-refractivity contribution >= 4 is 11.6 Å². The Hall–Kier alpha value is -2.14. The van der Waals surface area contributed by atoms with Crippen LogP contribution in [0.5, 0.6) is 0 Å². The van der Waals surface area contributed by atoms with Gasteiger partial charge < -0.3 is 11.1 Å². The summed E-state index contributed by atoms with van der Waals surface area (Å²) in [7, 11) is 0. The zero-order valence-electron chi connectivity index (χ0n) is 10.0. The lowest BCUT2D eigenvalue weighted by atomic mass is 10.1. The minimum absolute atomic E-state index is 0.0118. The van der Waals surface area contributed by atoms with Crippen molar-refractivity contribution < 1.29 is 4.79 Å². The van der Waals surface area contributed by atoms with E-state index < -0.39 is 0 Å². The number of nitrogens with zero attached hydrogens (tertiary/aromatic N) is 1. The number of aromatic amines is 1. The smallest absolute Gasteiger partial charge is 0.224 e. The Morgan fingerprint density at radius 1 is 1.39 bits per heavy atom. The van der Waals surface area contributed by atoms with Crippen LogP contribution in [-0.4, -0.2) is 22.6 Å². The van der Waals surface area contributed by atoms with Crippen LogP contribution in [0, 0.1) is 0 Å². The molecule has 1 amide bonds. The Bertz CT molecular complexity index is 507. The number of amides is 1. The van der Waals surface area contributed by atoms with Gasteiger partial charge in [0, 0.05) is 23.9 Å². The molecule has 94 valence electrons. The van der Waals surface area contributed by atoms with Crippen LogP contribution in [-0.2, 0) is 4.79 Å². The zero-order chi connectivity index (χ0) is 12.8. The molecule has 1 heterocycles. The average molecular weight is 244 g/mol. The van der Waals surface area contributed by atoms with Gasteiger partial charge in [0.25, 0.3) is 0 Å². The molecular weight excluding hydrogens is 228 g/mol. The average Bonchev–Trinajstić information content (AvgIpc) is 2.90. The number of nitrogens with two attached hydrogens (primary N) is 1. The van der Waals surface area contributed by atoms with Gasteiger partial charge in [-0.3, -0.25) is 9.89 Å². The molecule has 4 N–H and O–H groups in total. The molecule has 5 heteroatoms. The molecule has 2 rings (SSSR count). The lowest BCUT2D eigenvalue weighted by Gasteiger charge is -2.06. The van der Waals surface area contributed by atoms with E-state index in [1.807, 2.05) is 30.3 Å². The van der Waals surface area contributed by atoms with Crippen LogP contribution in [0.1, 0.15) is 12.8 Å². The summed E-state index contributed by atoms with van der Waals surface area (Å²) in [4.78, 5) is 11.6. The summed E-state index contributed by atoms with van der Waals surface area (Å²) in [5.41, 5.74) is 8.06. The fraction of sp³-hybridized carbons (Fsp3) is 0.231. The van der Waals surface area contributed by atoms with E-state index in [9.17, 15) is 4.79 Å². The molecule has 0 aliphatic heterocycles. The van der Waals surface area contributed by atoms with E-state index in [1.165, 1.54) is 0 Å². The highest BCUT2D eigenvalue weighted by atomic mass is 16.1. The van der Waals surface area contributed by atoms with Crippen molar-refractivity contribution in [1.82, 2.24) is 10.2 Å². The fourth-order valence-corrected chi connectivity index (χ4v) is 1.67. The zero-order valence-corrected chi connectivity index (χ0v) is 10.0. The Kier molecular flexibility index (Phi) is 4.09. The van der Waals surface area contributed by atoms with Gasteiger partial charge in [0.15, 0.2) is 0 Å². The maximum atomic E-state index is 11.6. The quantitative estimate of drug-likeness (QED) is 0.749. The largest absolute Gasteiger partial charge is 0.330 e. The third-order valence-corrected chi connectivity index (χ3v) is 2.57. The van der Waals surface area contributed by atoms with Gasteiger partial charge in [0.1, 0.15) is 0 Å². The molecule has 0 bridgehead atoms. The predicted octanol–water partition coefficient (Wildman–Crippen LogP) is 1.75. The molecule has 0 saturated heterocycles. The number of hydrogen-bond acceptors (Lipinski definition) is 3. The first-order valence-corrected chi connectivity index (χ1v) is 5.89. The van der Waals surface area contributed by atoms with Gasteiger partial charge in [0.05, 0.1) is 5.69 Å². The van der Waals surface area contributed by atoms with Crippen molar-refractivity contribution in [2.75, 3.05) is 11.9 Å². The van der Waals surface area contributed by atoms with Crippen LogP contribution in [0.3, 0.4) is 0 Å². The number of H-pyrrole nitrogens is 1. The first kappa shape index (κ1) is 12.3. The monoisotopic (exact) mass is 244 g/mol. The van der Waals surface area contributed by atoms with Crippen LogP contribution >= 0.6 is 0 Å². The number of nitrogens with one attached hydrogen (secondary N) is 2. The molecule has 0 atom stereocenters. The van der Waals surface area contributed by atoms with Crippen LogP contribution in [0.15, 0.2) is 36.5 Å². The van der Waals surface area contributed by atoms with E-state index in [0.29, 0.717) is 19.4 Å². The third kappa shape index (κ3) is 3.18. The number of hydrogen-bond donors (Lipinski definition) is 3. The molecule has 0 aliphatic carbocycles. The SMILES string of the molecule is NCCCC(=O)Nc1cccc(-c2ccn[nH]2)c1. The molecule has 0 fully saturated rings. The highest BCUT2D eigenvalue weighted by Crippen LogP contribution is 2.20. The maximum Gasteiger partial charge on any atom is 0.224 e. The van der Waals surface area contributed by atoms with Crippen LogP contribution in [0.4, 0.5) is 5.69 Å². The van der Waals surface area contributed by atoms with E-state index in [-0.39, 0.29) is 5.91 Å². The molecule has 0 unspecified atom stereocenters. The number of carbonyl (C=O) groups is 1. The topological polar surface area (TPSA) is 83.8 Å². The first-order chi connectivity index (χ1) is 8.79. The standard InChI is InChI=1S/C13H16N4O/c14-7-2-5-13(18)16-11-4-1-3-10(9-11)12-6-8-15-17-12/h1,3-4,6,8-9H,2,5,7,14H2,(H,15,17)(H,16,18). The highest BCUT2D eigenvalue weighted by molar-refractivity contribution is 5.91. The summed E-state index contributed by atoms with van der Waals surface area (Å²) in [6.07, 6.45) is 2.85. The summed E-state index contributed by atoms with van der Waals surface area (Å²) in [5.74, 6) is -0.0118. The molecule has 2 aromatic rings. The van der Waals surface area contributed by atoms with Gasteiger partial charge in [0.2, 0.25) is 5.91 Å². The molecular formula is C13H16N4O. The maximum absolute atomic E-state index is 11.6. The van der Waals surface area contributed by atoms with Gasteiger partial charge in [-0.15, -0.1) is 0 Å². The normalized spacial score (nSPS) is 10.3. The van der Waals surface area contributed by atoms with Crippen LogP contribution < -0.4 is 11.1 Å². The molecule has 0 spiro atoms. The number of rotatable bonds is 5.